The van der Waals surface area contributed by atoms with E-state index in [9.17, 15) is 4.79 Å². The summed E-state index contributed by atoms with van der Waals surface area (Å²) in [6, 6.07) is 3.82. The van der Waals surface area contributed by atoms with Gasteiger partial charge in [0.15, 0.2) is 0 Å². The van der Waals surface area contributed by atoms with E-state index in [4.69, 9.17) is 9.47 Å². The van der Waals surface area contributed by atoms with Gasteiger partial charge in [0, 0.05) is 45.1 Å². The molecule has 21 heavy (non-hydrogen) atoms. The van der Waals surface area contributed by atoms with Crippen molar-refractivity contribution in [2.75, 3.05) is 39.5 Å². The molecule has 114 valence electrons. The molecule has 3 rings (SSSR count). The fourth-order valence-corrected chi connectivity index (χ4v) is 2.85. The lowest BCUT2D eigenvalue weighted by molar-refractivity contribution is -0.131. The maximum Gasteiger partial charge on any atom is 0.234 e. The van der Waals surface area contributed by atoms with Crippen LogP contribution < -0.4 is 5.32 Å². The Morgan fingerprint density at radius 1 is 1.48 bits per heavy atom. The number of hydrogen-bond donors (Lipinski definition) is 1. The normalized spacial score (nSPS) is 26.1. The maximum atomic E-state index is 12.0. The summed E-state index contributed by atoms with van der Waals surface area (Å²) in [5.74, 6) is 0.0369. The average Bonchev–Trinajstić information content (AvgIpc) is 2.94. The first-order valence-corrected chi connectivity index (χ1v) is 7.35. The summed E-state index contributed by atoms with van der Waals surface area (Å²) in [7, 11) is 0. The van der Waals surface area contributed by atoms with Gasteiger partial charge < -0.3 is 14.8 Å². The van der Waals surface area contributed by atoms with Gasteiger partial charge >= 0.3 is 0 Å². The molecular formula is C15H21N3O3. The monoisotopic (exact) mass is 291 g/mol. The van der Waals surface area contributed by atoms with Gasteiger partial charge in [0.1, 0.15) is 5.60 Å². The molecule has 0 aliphatic carbocycles. The Hall–Kier alpha value is -1.50. The lowest BCUT2D eigenvalue weighted by Gasteiger charge is -2.39. The molecule has 1 N–H and O–H groups in total. The van der Waals surface area contributed by atoms with E-state index < -0.39 is 0 Å². The molecule has 0 saturated carbocycles. The fourth-order valence-electron chi connectivity index (χ4n) is 2.85. The molecule has 2 aliphatic rings. The van der Waals surface area contributed by atoms with Gasteiger partial charge in [-0.2, -0.15) is 0 Å². The zero-order valence-electron chi connectivity index (χ0n) is 12.1. The average molecular weight is 291 g/mol. The predicted molar refractivity (Wildman–Crippen MR) is 76.6 cm³/mol. The Balaban J connectivity index is 1.46. The number of nitrogens with zero attached hydrogens (tertiary/aromatic N) is 2. The van der Waals surface area contributed by atoms with Crippen LogP contribution in [0.2, 0.25) is 0 Å². The standard InChI is InChI=1S/C15H21N3O3/c19-14(17-9-13-2-1-4-16-8-13)10-18-5-7-21-15(11-18)3-6-20-12-15/h1-2,4,8H,3,5-7,9-12H2,(H,17,19). The summed E-state index contributed by atoms with van der Waals surface area (Å²) in [5.41, 5.74) is 0.815. The van der Waals surface area contributed by atoms with E-state index in [1.165, 1.54) is 0 Å². The number of hydrogen-bond acceptors (Lipinski definition) is 5. The highest BCUT2D eigenvalue weighted by molar-refractivity contribution is 5.78. The Kier molecular flexibility index (Phi) is 4.48. The second-order valence-corrected chi connectivity index (χ2v) is 5.68. The molecule has 2 saturated heterocycles. The van der Waals surface area contributed by atoms with Crippen molar-refractivity contribution < 1.29 is 14.3 Å². The topological polar surface area (TPSA) is 63.7 Å². The van der Waals surface area contributed by atoms with Crippen LogP contribution in [0.15, 0.2) is 24.5 Å². The molecule has 0 aromatic carbocycles. The largest absolute Gasteiger partial charge is 0.378 e. The highest BCUT2D eigenvalue weighted by Gasteiger charge is 2.40. The number of aromatic nitrogens is 1. The minimum Gasteiger partial charge on any atom is -0.378 e. The van der Waals surface area contributed by atoms with E-state index in [-0.39, 0.29) is 11.5 Å². The number of nitrogens with one attached hydrogen (secondary N) is 1. The number of ether oxygens (including phenoxy) is 2. The van der Waals surface area contributed by atoms with Crippen molar-refractivity contribution in [3.05, 3.63) is 30.1 Å². The fraction of sp³-hybridized carbons (Fsp3) is 0.600. The SMILES string of the molecule is O=C(CN1CCOC2(CCOC2)C1)NCc1cccnc1. The van der Waals surface area contributed by atoms with Gasteiger partial charge in [0.05, 0.1) is 19.8 Å². The molecule has 6 nitrogen and oxygen atoms in total. The predicted octanol–water partition coefficient (Wildman–Crippen LogP) is 0.189. The van der Waals surface area contributed by atoms with E-state index in [1.54, 1.807) is 12.4 Å². The zero-order valence-corrected chi connectivity index (χ0v) is 12.1. The van der Waals surface area contributed by atoms with Crippen LogP contribution in [0.4, 0.5) is 0 Å². The van der Waals surface area contributed by atoms with Crippen LogP contribution in [-0.4, -0.2) is 60.8 Å². The number of carbonyl (C=O) groups is 1. The third-order valence-corrected chi connectivity index (χ3v) is 3.97. The number of carbonyl (C=O) groups excluding carboxylic acids is 1. The van der Waals surface area contributed by atoms with Crippen molar-refractivity contribution in [2.24, 2.45) is 0 Å². The molecule has 1 atom stereocenters. The Morgan fingerprint density at radius 2 is 2.43 bits per heavy atom. The summed E-state index contributed by atoms with van der Waals surface area (Å²) in [4.78, 5) is 18.2. The van der Waals surface area contributed by atoms with Gasteiger partial charge in [-0.1, -0.05) is 6.07 Å². The van der Waals surface area contributed by atoms with Gasteiger partial charge in [-0.05, 0) is 11.6 Å². The molecule has 1 aromatic heterocycles. The summed E-state index contributed by atoms with van der Waals surface area (Å²) < 4.78 is 11.3. The molecule has 6 heteroatoms. The summed E-state index contributed by atoms with van der Waals surface area (Å²) in [6.07, 6.45) is 4.41. The van der Waals surface area contributed by atoms with Crippen LogP contribution >= 0.6 is 0 Å². The minimum atomic E-state index is -0.193. The van der Waals surface area contributed by atoms with Crippen molar-refractivity contribution >= 4 is 5.91 Å². The van der Waals surface area contributed by atoms with Crippen molar-refractivity contribution in [1.29, 1.82) is 0 Å². The number of pyridine rings is 1. The Bertz CT molecular complexity index is 474. The molecule has 1 spiro atoms. The zero-order chi connectivity index (χ0) is 14.5. The Labute approximate surface area is 124 Å². The highest BCUT2D eigenvalue weighted by atomic mass is 16.6. The van der Waals surface area contributed by atoms with E-state index in [2.05, 4.69) is 15.2 Å². The van der Waals surface area contributed by atoms with E-state index in [1.807, 2.05) is 12.1 Å². The van der Waals surface area contributed by atoms with Crippen LogP contribution in [0.25, 0.3) is 0 Å². The first kappa shape index (κ1) is 14.4. The first-order valence-electron chi connectivity index (χ1n) is 7.35. The van der Waals surface area contributed by atoms with Crippen LogP contribution in [-0.2, 0) is 20.8 Å². The van der Waals surface area contributed by atoms with Crippen molar-refractivity contribution in [3.8, 4) is 0 Å². The van der Waals surface area contributed by atoms with Gasteiger partial charge in [-0.25, -0.2) is 0 Å². The van der Waals surface area contributed by atoms with Gasteiger partial charge in [-0.15, -0.1) is 0 Å². The number of amides is 1. The molecule has 1 unspecified atom stereocenters. The van der Waals surface area contributed by atoms with Crippen LogP contribution in [0.1, 0.15) is 12.0 Å². The molecule has 2 fully saturated rings. The van der Waals surface area contributed by atoms with Gasteiger partial charge in [0.25, 0.3) is 0 Å². The van der Waals surface area contributed by atoms with Crippen molar-refractivity contribution in [1.82, 2.24) is 15.2 Å². The third kappa shape index (κ3) is 3.78. The lowest BCUT2D eigenvalue weighted by atomic mass is 10.0. The molecule has 1 amide bonds. The number of rotatable bonds is 4. The first-order chi connectivity index (χ1) is 10.3. The molecule has 3 heterocycles. The van der Waals surface area contributed by atoms with Gasteiger partial charge in [-0.3, -0.25) is 14.7 Å². The second kappa shape index (κ2) is 6.51. The minimum absolute atomic E-state index is 0.0369. The smallest absolute Gasteiger partial charge is 0.234 e. The van der Waals surface area contributed by atoms with Gasteiger partial charge in [0.2, 0.25) is 5.91 Å². The van der Waals surface area contributed by atoms with Crippen molar-refractivity contribution in [2.45, 2.75) is 18.6 Å². The molecule has 1 aromatic rings. The quantitative estimate of drug-likeness (QED) is 0.858. The van der Waals surface area contributed by atoms with Crippen molar-refractivity contribution in [3.63, 3.8) is 0 Å². The number of morpholine rings is 1. The lowest BCUT2D eigenvalue weighted by Crippen LogP contribution is -2.54. The van der Waals surface area contributed by atoms with Crippen LogP contribution in [0.5, 0.6) is 0 Å². The maximum absolute atomic E-state index is 12.0. The summed E-state index contributed by atoms with van der Waals surface area (Å²) >= 11 is 0. The Morgan fingerprint density at radius 3 is 3.19 bits per heavy atom. The van der Waals surface area contributed by atoms with Crippen LogP contribution in [0.3, 0.4) is 0 Å². The molecule has 0 radical (unpaired) electrons. The molecule has 0 bridgehead atoms. The third-order valence-electron chi connectivity index (χ3n) is 3.97. The van der Waals surface area contributed by atoms with E-state index in [0.717, 1.165) is 31.7 Å². The second-order valence-electron chi connectivity index (χ2n) is 5.68. The molecular weight excluding hydrogens is 270 g/mol. The summed E-state index contributed by atoms with van der Waals surface area (Å²) in [5, 5.41) is 2.93. The van der Waals surface area contributed by atoms with E-state index >= 15 is 0 Å². The molecule has 2 aliphatic heterocycles. The van der Waals surface area contributed by atoms with Crippen LogP contribution in [0, 0.1) is 0 Å². The summed E-state index contributed by atoms with van der Waals surface area (Å²) in [6.45, 7) is 4.55. The highest BCUT2D eigenvalue weighted by Crippen LogP contribution is 2.27. The van der Waals surface area contributed by atoms with E-state index in [0.29, 0.717) is 26.3 Å².